The fourth-order valence-corrected chi connectivity index (χ4v) is 7.61. The first kappa shape index (κ1) is 48.4. The Hall–Kier alpha value is -4.00. The van der Waals surface area contributed by atoms with Gasteiger partial charge in [0.05, 0.1) is 65.0 Å². The second kappa shape index (κ2) is 18.1. The van der Waals surface area contributed by atoms with E-state index in [1.54, 1.807) is 17.6 Å². The number of rotatable bonds is 5. The average molecular weight is 807 g/mol. The Morgan fingerprint density at radius 2 is 1.38 bits per heavy atom. The van der Waals surface area contributed by atoms with Crippen LogP contribution in [0.25, 0.3) is 44.6 Å². The Kier molecular flexibility index (Phi) is 15.1. The zero-order chi connectivity index (χ0) is 37.4. The predicted octanol–water partition coefficient (Wildman–Crippen LogP) is -3.32. The van der Waals surface area contributed by atoms with Gasteiger partial charge in [0.2, 0.25) is 0 Å². The third-order valence-electron chi connectivity index (χ3n) is 10.6. The Bertz CT molecular complexity index is 2710. The summed E-state index contributed by atoms with van der Waals surface area (Å²) in [6.45, 7) is 3.07. The summed E-state index contributed by atoms with van der Waals surface area (Å²) in [6.07, 6.45) is -0.0665. The van der Waals surface area contributed by atoms with E-state index in [1.807, 2.05) is 60.7 Å². The van der Waals surface area contributed by atoms with Crippen LogP contribution in [0.15, 0.2) is 82.4 Å². The topological polar surface area (TPSA) is 227 Å². The van der Waals surface area contributed by atoms with Crippen molar-refractivity contribution in [2.75, 3.05) is 0 Å². The fraction of sp³-hybridized carbons (Fsp3) is 0.268. The number of pyridine rings is 4. The number of hydrogen-bond donors (Lipinski definition) is 3. The molecule has 0 spiro atoms. The summed E-state index contributed by atoms with van der Waals surface area (Å²) in [7, 11) is 0. The maximum atomic E-state index is 13.0. The number of hydrogen-bond acceptors (Lipinski definition) is 12. The molecule has 0 amide bonds. The number of para-hydroxylation sites is 2. The van der Waals surface area contributed by atoms with Crippen LogP contribution >= 0.6 is 0 Å². The van der Waals surface area contributed by atoms with Gasteiger partial charge in [0, 0.05) is 48.4 Å². The van der Waals surface area contributed by atoms with E-state index in [4.69, 9.17) is 9.72 Å². The van der Waals surface area contributed by atoms with Crippen molar-refractivity contribution >= 4 is 42.2 Å². The van der Waals surface area contributed by atoms with Gasteiger partial charge in [-0.2, -0.15) is 0 Å². The number of aromatic nitrogens is 4. The van der Waals surface area contributed by atoms with E-state index in [-0.39, 0.29) is 125 Å². The molecule has 0 aliphatic carbocycles. The zero-order valence-electron chi connectivity index (χ0n) is 31.8. The van der Waals surface area contributed by atoms with E-state index in [9.17, 15) is 39.6 Å². The summed E-state index contributed by atoms with van der Waals surface area (Å²) in [5.41, 5.74) is 1.16. The van der Waals surface area contributed by atoms with Gasteiger partial charge >= 0.3 is 65.1 Å². The van der Waals surface area contributed by atoms with E-state index in [0.717, 1.165) is 38.6 Å². The number of cyclic esters (lactones) is 1. The van der Waals surface area contributed by atoms with E-state index >= 15 is 0 Å². The molecule has 0 unspecified atom stereocenters. The maximum absolute atomic E-state index is 13.0. The Morgan fingerprint density at radius 3 is 1.86 bits per heavy atom. The van der Waals surface area contributed by atoms with Gasteiger partial charge in [0.25, 0.3) is 11.1 Å². The molecule has 0 saturated carbocycles. The molecule has 58 heavy (non-hydrogen) atoms. The number of carboxylic acid groups (broad SMARTS) is 1. The molecule has 0 saturated heterocycles. The summed E-state index contributed by atoms with van der Waals surface area (Å²) in [5.74, 6) is -2.42. The van der Waals surface area contributed by atoms with Crippen molar-refractivity contribution in [1.82, 2.24) is 19.1 Å². The SMILES string of the molecule is C.CC[C@@](O)(C(=O)[O-])c1cc2n(c(=O)c1CO)Cc1cc3ccccc3nc1-2.CC[C@@]1(O)C(=O)OCc2c1cc1n(c2=O)Cc2cc3ccccc3nc2-1.[2HH].[B].[Na+].[Na+].[OH-]. The smallest absolute Gasteiger partial charge is 0.870 e. The minimum absolute atomic E-state index is 0. The molecule has 4 aromatic heterocycles. The molecular weight excluding hydrogens is 765 g/mol. The van der Waals surface area contributed by atoms with Crippen LogP contribution in [0.2, 0.25) is 0 Å². The number of carbonyl (C=O) groups excluding carboxylic acids is 2. The van der Waals surface area contributed by atoms with Crippen LogP contribution in [-0.4, -0.2) is 60.2 Å². The first-order valence-corrected chi connectivity index (χ1v) is 17.2. The molecule has 14 nitrogen and oxygen atoms in total. The van der Waals surface area contributed by atoms with Crippen molar-refractivity contribution in [2.24, 2.45) is 0 Å². The monoisotopic (exact) mass is 806 g/mol. The Labute approximate surface area is 380 Å². The fourth-order valence-electron chi connectivity index (χ4n) is 7.61. The van der Waals surface area contributed by atoms with E-state index in [0.29, 0.717) is 34.8 Å². The van der Waals surface area contributed by atoms with Gasteiger partial charge in [0.1, 0.15) is 12.2 Å². The first-order chi connectivity index (χ1) is 25.4. The molecule has 3 aliphatic rings. The summed E-state index contributed by atoms with van der Waals surface area (Å²) in [6, 6.07) is 22.4. The number of nitrogens with zero attached hydrogens (tertiary/aromatic N) is 4. The number of ether oxygens (including phenoxy) is 1. The Morgan fingerprint density at radius 1 is 0.879 bits per heavy atom. The van der Waals surface area contributed by atoms with Gasteiger partial charge in [0.15, 0.2) is 5.60 Å². The molecule has 3 aliphatic heterocycles. The largest absolute Gasteiger partial charge is 1.00 e. The molecule has 2 atom stereocenters. The average Bonchev–Trinajstić information content (AvgIpc) is 3.72. The molecule has 7 heterocycles. The van der Waals surface area contributed by atoms with Crippen molar-refractivity contribution in [3.05, 3.63) is 127 Å². The van der Waals surface area contributed by atoms with Crippen molar-refractivity contribution < 1.29 is 101 Å². The molecule has 3 radical (unpaired) electrons. The molecular formula is C41H40BN4Na2O10. The van der Waals surface area contributed by atoms with Crippen molar-refractivity contribution in [3.8, 4) is 22.8 Å². The molecule has 0 fully saturated rings. The van der Waals surface area contributed by atoms with Crippen LogP contribution in [0.4, 0.5) is 0 Å². The van der Waals surface area contributed by atoms with Gasteiger partial charge in [-0.25, -0.2) is 14.8 Å². The number of carboxylic acids is 1. The van der Waals surface area contributed by atoms with Crippen LogP contribution in [-0.2, 0) is 51.8 Å². The predicted molar refractivity (Wildman–Crippen MR) is 207 cm³/mol. The number of aliphatic hydroxyl groups excluding tert-OH is 1. The Balaban J connectivity index is 0.000000369. The van der Waals surface area contributed by atoms with Crippen LogP contribution in [0.3, 0.4) is 0 Å². The van der Waals surface area contributed by atoms with Crippen LogP contribution in [0.5, 0.6) is 0 Å². The van der Waals surface area contributed by atoms with Crippen LogP contribution < -0.4 is 75.3 Å². The molecule has 6 aromatic rings. The van der Waals surface area contributed by atoms with Gasteiger partial charge in [-0.05, 0) is 49.2 Å². The molecule has 289 valence electrons. The van der Waals surface area contributed by atoms with Gasteiger partial charge in [-0.3, -0.25) is 9.59 Å². The van der Waals surface area contributed by atoms with E-state index in [1.165, 1.54) is 17.6 Å². The number of carbonyl (C=O) groups is 2. The van der Waals surface area contributed by atoms with Gasteiger partial charge in [-0.15, -0.1) is 0 Å². The quantitative estimate of drug-likeness (QED) is 0.115. The standard InChI is InChI=1S/C20H18N2O5.C20H16N2O4.CH4.B.2Na.H2O.H2/c1-2-20(27,19(25)26)14-8-16-17-12(9-22(16)18(24)13(14)10-23)7-11-5-3-4-6-15(11)21-17;1-2-20(25)14-8-16-17-12(7-11-5-3-4-6-15(11)21-17)9-22(16)18(23)13(14)10-26-19(20)24;;;;;;/h3-8,23,27H,2,9-10H2,1H3,(H,25,26);3-8,25H,2,9-10H2,1H3;1H4;;;;1H2;1H/q;;;;2*+1;;/p-2/t2*20-;;;;;;/m00....../s1/i;;;;;;;1+1. The van der Waals surface area contributed by atoms with Crippen molar-refractivity contribution in [3.63, 3.8) is 0 Å². The summed E-state index contributed by atoms with van der Waals surface area (Å²) in [5, 5.41) is 44.7. The second-order valence-electron chi connectivity index (χ2n) is 13.5. The van der Waals surface area contributed by atoms with E-state index in [2.05, 4.69) is 4.98 Å². The third kappa shape index (κ3) is 7.42. The van der Waals surface area contributed by atoms with Crippen LogP contribution in [0.1, 0.15) is 68.9 Å². The van der Waals surface area contributed by atoms with Crippen molar-refractivity contribution in [2.45, 2.75) is 71.6 Å². The third-order valence-corrected chi connectivity index (χ3v) is 10.6. The minimum Gasteiger partial charge on any atom is -0.870 e. The second-order valence-corrected chi connectivity index (χ2v) is 13.5. The molecule has 17 heteroatoms. The molecule has 0 bridgehead atoms. The van der Waals surface area contributed by atoms with E-state index < -0.39 is 35.3 Å². The maximum Gasteiger partial charge on any atom is 1.00 e. The normalized spacial score (nSPS) is 16.0. The summed E-state index contributed by atoms with van der Waals surface area (Å²) in [4.78, 5) is 59.0. The number of benzene rings is 2. The summed E-state index contributed by atoms with van der Waals surface area (Å²) >= 11 is 0. The minimum atomic E-state index is -2.37. The van der Waals surface area contributed by atoms with Crippen molar-refractivity contribution in [1.29, 1.82) is 0 Å². The molecule has 9 rings (SSSR count). The van der Waals surface area contributed by atoms with Gasteiger partial charge in [-0.1, -0.05) is 57.7 Å². The summed E-state index contributed by atoms with van der Waals surface area (Å²) < 4.78 is 8.16. The molecule has 2 aromatic carbocycles. The number of esters is 1. The number of aliphatic carboxylic acids is 1. The number of aliphatic hydroxyl groups is 3. The zero-order valence-corrected chi connectivity index (χ0v) is 35.8. The number of fused-ring (bicyclic) bond motifs is 9. The first-order valence-electron chi connectivity index (χ1n) is 17.2. The van der Waals surface area contributed by atoms with Gasteiger partial charge < -0.3 is 44.6 Å². The van der Waals surface area contributed by atoms with Crippen LogP contribution in [0, 0.1) is 0 Å². The molecule has 4 N–H and O–H groups in total.